The SMILES string of the molecule is CC1=CCC([C@H](CCN2C3CCC2CC(n2c(C)nc4c2CCN(C(=O)C(C)C)C4)C3)NC(=O)C2CCCCC2)S1. The zero-order valence-corrected chi connectivity index (χ0v) is 26.6. The molecule has 3 unspecified atom stereocenters. The standard InChI is InChI=1S/C33H51N5O2S/c1-21(2)33(40)36-16-15-30-29(20-36)34-23(4)38(30)27-18-25-11-12-26(19-27)37(25)17-14-28(31-13-10-22(3)41-31)35-32(39)24-8-6-5-7-9-24/h10,21,24-28,31H,5-9,11-20H2,1-4H3,(H,35,39)/t25?,26?,27?,28-,31?/m0/s1. The third-order valence-corrected chi connectivity index (χ3v) is 12.0. The number of rotatable bonds is 8. The van der Waals surface area contributed by atoms with Crippen LogP contribution in [0.4, 0.5) is 0 Å². The predicted molar refractivity (Wildman–Crippen MR) is 166 cm³/mol. The number of aromatic nitrogens is 2. The van der Waals surface area contributed by atoms with Gasteiger partial charge in [0.2, 0.25) is 11.8 Å². The van der Waals surface area contributed by atoms with E-state index in [1.54, 1.807) is 0 Å². The van der Waals surface area contributed by atoms with Crippen LogP contribution in [0, 0.1) is 18.8 Å². The molecule has 1 saturated carbocycles. The highest BCUT2D eigenvalue weighted by Crippen LogP contribution is 2.43. The molecule has 5 aliphatic rings. The Kier molecular flexibility index (Phi) is 8.88. The summed E-state index contributed by atoms with van der Waals surface area (Å²) in [4.78, 5) is 37.1. The predicted octanol–water partition coefficient (Wildman–Crippen LogP) is 5.76. The average Bonchev–Trinajstić information content (AvgIpc) is 3.61. The molecule has 1 aromatic heterocycles. The summed E-state index contributed by atoms with van der Waals surface area (Å²) < 4.78 is 2.56. The van der Waals surface area contributed by atoms with Crippen molar-refractivity contribution in [1.29, 1.82) is 0 Å². The molecule has 1 aromatic rings. The molecule has 8 heteroatoms. The molecule has 2 amide bonds. The van der Waals surface area contributed by atoms with Crippen molar-refractivity contribution in [2.24, 2.45) is 11.8 Å². The molecule has 7 nitrogen and oxygen atoms in total. The van der Waals surface area contributed by atoms with Crippen LogP contribution in [0.1, 0.15) is 115 Å². The van der Waals surface area contributed by atoms with Crippen molar-refractivity contribution < 1.29 is 9.59 Å². The summed E-state index contributed by atoms with van der Waals surface area (Å²) in [5, 5.41) is 4.04. The quantitative estimate of drug-likeness (QED) is 0.423. The van der Waals surface area contributed by atoms with E-state index < -0.39 is 0 Å². The van der Waals surface area contributed by atoms with Crippen LogP contribution in [0.5, 0.6) is 0 Å². The van der Waals surface area contributed by atoms with Crippen molar-refractivity contribution in [3.8, 4) is 0 Å². The minimum atomic E-state index is 0.0346. The first kappa shape index (κ1) is 29.3. The third-order valence-electron chi connectivity index (χ3n) is 10.7. The number of aryl methyl sites for hydroxylation is 1. The Morgan fingerprint density at radius 2 is 1.78 bits per heavy atom. The first-order valence-electron chi connectivity index (χ1n) is 16.5. The van der Waals surface area contributed by atoms with E-state index in [4.69, 9.17) is 4.98 Å². The lowest BCUT2D eigenvalue weighted by Gasteiger charge is -2.41. The number of carbonyl (C=O) groups excluding carboxylic acids is 2. The molecule has 226 valence electrons. The van der Waals surface area contributed by atoms with Gasteiger partial charge in [-0.05, 0) is 70.1 Å². The molecular weight excluding hydrogens is 530 g/mol. The molecule has 0 aromatic carbocycles. The Morgan fingerprint density at radius 3 is 2.44 bits per heavy atom. The molecule has 3 fully saturated rings. The molecular formula is C33H51N5O2S. The number of carbonyl (C=O) groups is 2. The van der Waals surface area contributed by atoms with E-state index in [2.05, 4.69) is 34.7 Å². The minimum absolute atomic E-state index is 0.0346. The molecule has 4 atom stereocenters. The van der Waals surface area contributed by atoms with Crippen molar-refractivity contribution >= 4 is 23.6 Å². The van der Waals surface area contributed by atoms with Crippen molar-refractivity contribution in [2.75, 3.05) is 13.1 Å². The van der Waals surface area contributed by atoms with Crippen LogP contribution < -0.4 is 5.32 Å². The minimum Gasteiger partial charge on any atom is -0.352 e. The maximum Gasteiger partial charge on any atom is 0.225 e. The molecule has 1 aliphatic carbocycles. The highest BCUT2D eigenvalue weighted by Gasteiger charge is 2.43. The summed E-state index contributed by atoms with van der Waals surface area (Å²) in [7, 11) is 0. The van der Waals surface area contributed by atoms with Crippen LogP contribution in [0.3, 0.4) is 0 Å². The second-order valence-corrected chi connectivity index (χ2v) is 15.3. The van der Waals surface area contributed by atoms with Gasteiger partial charge >= 0.3 is 0 Å². The summed E-state index contributed by atoms with van der Waals surface area (Å²) in [6, 6.07) is 1.99. The summed E-state index contributed by atoms with van der Waals surface area (Å²) in [6.45, 7) is 10.9. The zero-order valence-electron chi connectivity index (χ0n) is 25.7. The fourth-order valence-electron chi connectivity index (χ4n) is 8.57. The Labute approximate surface area is 251 Å². The maximum absolute atomic E-state index is 13.3. The van der Waals surface area contributed by atoms with Gasteiger partial charge in [0, 0.05) is 66.5 Å². The molecule has 2 saturated heterocycles. The smallest absolute Gasteiger partial charge is 0.225 e. The molecule has 1 N–H and O–H groups in total. The van der Waals surface area contributed by atoms with Crippen molar-refractivity contribution in [1.82, 2.24) is 24.7 Å². The molecule has 41 heavy (non-hydrogen) atoms. The Morgan fingerprint density at radius 1 is 1.05 bits per heavy atom. The van der Waals surface area contributed by atoms with Crippen LogP contribution in [-0.4, -0.2) is 67.6 Å². The number of hydrogen-bond acceptors (Lipinski definition) is 5. The first-order valence-corrected chi connectivity index (χ1v) is 17.4. The van der Waals surface area contributed by atoms with Gasteiger partial charge in [-0.25, -0.2) is 4.98 Å². The van der Waals surface area contributed by atoms with Crippen molar-refractivity contribution in [2.45, 2.75) is 141 Å². The average molecular weight is 582 g/mol. The Balaban J connectivity index is 1.10. The van der Waals surface area contributed by atoms with Gasteiger partial charge < -0.3 is 14.8 Å². The maximum atomic E-state index is 13.3. The topological polar surface area (TPSA) is 70.5 Å². The number of allylic oxidation sites excluding steroid dienone is 2. The summed E-state index contributed by atoms with van der Waals surface area (Å²) in [5.41, 5.74) is 2.49. The van der Waals surface area contributed by atoms with E-state index in [0.717, 1.165) is 56.7 Å². The lowest BCUT2D eigenvalue weighted by molar-refractivity contribution is -0.135. The van der Waals surface area contributed by atoms with E-state index in [-0.39, 0.29) is 23.8 Å². The zero-order chi connectivity index (χ0) is 28.7. The summed E-state index contributed by atoms with van der Waals surface area (Å²) >= 11 is 1.98. The van der Waals surface area contributed by atoms with Gasteiger partial charge in [-0.3, -0.25) is 14.5 Å². The lowest BCUT2D eigenvalue weighted by Crippen LogP contribution is -2.49. The normalized spacial score (nSPS) is 29.5. The van der Waals surface area contributed by atoms with Gasteiger partial charge in [0.15, 0.2) is 0 Å². The number of imidazole rings is 1. The Hall–Kier alpha value is -1.80. The number of thioether (sulfide) groups is 1. The monoisotopic (exact) mass is 581 g/mol. The highest BCUT2D eigenvalue weighted by molar-refractivity contribution is 8.03. The van der Waals surface area contributed by atoms with E-state index in [1.165, 1.54) is 55.5 Å². The summed E-state index contributed by atoms with van der Waals surface area (Å²) in [5.74, 6) is 1.93. The highest BCUT2D eigenvalue weighted by atomic mass is 32.2. The third kappa shape index (κ3) is 6.15. The Bertz CT molecular complexity index is 1140. The fourth-order valence-corrected chi connectivity index (χ4v) is 9.80. The van der Waals surface area contributed by atoms with E-state index >= 15 is 0 Å². The van der Waals surface area contributed by atoms with Crippen molar-refractivity contribution in [3.05, 3.63) is 28.2 Å². The second-order valence-electron chi connectivity index (χ2n) is 13.8. The largest absolute Gasteiger partial charge is 0.352 e. The van der Waals surface area contributed by atoms with Gasteiger partial charge in [0.1, 0.15) is 5.82 Å². The second kappa shape index (κ2) is 12.4. The molecule has 6 rings (SSSR count). The van der Waals surface area contributed by atoms with Gasteiger partial charge in [0.25, 0.3) is 0 Å². The molecule has 5 heterocycles. The fraction of sp³-hybridized carbons (Fsp3) is 0.788. The first-order chi connectivity index (χ1) is 19.8. The lowest BCUT2D eigenvalue weighted by atomic mass is 9.88. The van der Waals surface area contributed by atoms with E-state index in [0.29, 0.717) is 35.8 Å². The number of hydrogen-bond donors (Lipinski definition) is 1. The molecule has 2 bridgehead atoms. The van der Waals surface area contributed by atoms with Gasteiger partial charge in [-0.15, -0.1) is 11.8 Å². The van der Waals surface area contributed by atoms with Crippen LogP contribution in [-0.2, 0) is 22.6 Å². The van der Waals surface area contributed by atoms with Crippen molar-refractivity contribution in [3.63, 3.8) is 0 Å². The molecule has 0 radical (unpaired) electrons. The van der Waals surface area contributed by atoms with Gasteiger partial charge in [-0.1, -0.05) is 39.2 Å². The van der Waals surface area contributed by atoms with Crippen LogP contribution in [0.15, 0.2) is 11.0 Å². The number of fused-ring (bicyclic) bond motifs is 3. The number of piperidine rings is 1. The number of nitrogens with one attached hydrogen (secondary N) is 1. The van der Waals surface area contributed by atoms with E-state index in [1.807, 2.05) is 30.5 Å². The summed E-state index contributed by atoms with van der Waals surface area (Å²) in [6.07, 6.45) is 16.2. The van der Waals surface area contributed by atoms with Gasteiger partial charge in [-0.2, -0.15) is 0 Å². The van der Waals surface area contributed by atoms with Crippen LogP contribution in [0.25, 0.3) is 0 Å². The van der Waals surface area contributed by atoms with Gasteiger partial charge in [0.05, 0.1) is 12.2 Å². The van der Waals surface area contributed by atoms with Crippen LogP contribution in [0.2, 0.25) is 0 Å². The number of nitrogens with zero attached hydrogens (tertiary/aromatic N) is 4. The number of amides is 2. The van der Waals surface area contributed by atoms with Crippen LogP contribution >= 0.6 is 11.8 Å². The van der Waals surface area contributed by atoms with E-state index in [9.17, 15) is 9.59 Å². The molecule has 0 spiro atoms. The molecule has 4 aliphatic heterocycles.